The molecule has 1 N–H and O–H groups in total. The van der Waals surface area contributed by atoms with Crippen molar-refractivity contribution < 1.29 is 4.79 Å². The monoisotopic (exact) mass is 426 g/mol. The van der Waals surface area contributed by atoms with Gasteiger partial charge in [-0.25, -0.2) is 4.79 Å². The molecule has 0 saturated carbocycles. The van der Waals surface area contributed by atoms with E-state index in [4.69, 9.17) is 11.6 Å². The quantitative estimate of drug-likeness (QED) is 0.681. The number of hydrogen-bond acceptors (Lipinski definition) is 3. The average molecular weight is 427 g/mol. The maximum absolute atomic E-state index is 12.6. The lowest BCUT2D eigenvalue weighted by Gasteiger charge is -2.32. The number of aryl methyl sites for hydroxylation is 2. The highest BCUT2D eigenvalue weighted by molar-refractivity contribution is 6.31. The van der Waals surface area contributed by atoms with Gasteiger partial charge in [-0.1, -0.05) is 29.8 Å². The van der Waals surface area contributed by atoms with Gasteiger partial charge in [0.1, 0.15) is 0 Å². The van der Waals surface area contributed by atoms with E-state index in [2.05, 4.69) is 16.3 Å². The third-order valence-corrected chi connectivity index (χ3v) is 6.51. The van der Waals surface area contributed by atoms with Crippen LogP contribution in [0.4, 0.5) is 0 Å². The van der Waals surface area contributed by atoms with Gasteiger partial charge in [-0.05, 0) is 61.7 Å². The summed E-state index contributed by atoms with van der Waals surface area (Å²) in [5.41, 5.74) is 3.25. The van der Waals surface area contributed by atoms with Gasteiger partial charge >= 0.3 is 5.69 Å². The lowest BCUT2D eigenvalue weighted by molar-refractivity contribution is 0.0935. The molecule has 2 heterocycles. The van der Waals surface area contributed by atoms with Crippen molar-refractivity contribution in [2.75, 3.05) is 19.6 Å². The number of carbonyl (C=O) groups is 1. The summed E-state index contributed by atoms with van der Waals surface area (Å²) in [6.45, 7) is 3.55. The van der Waals surface area contributed by atoms with E-state index in [9.17, 15) is 9.59 Å². The summed E-state index contributed by atoms with van der Waals surface area (Å²) in [5, 5.41) is 3.89. The van der Waals surface area contributed by atoms with E-state index in [0.717, 1.165) is 54.1 Å². The van der Waals surface area contributed by atoms with Gasteiger partial charge in [-0.15, -0.1) is 0 Å². The predicted molar refractivity (Wildman–Crippen MR) is 120 cm³/mol. The van der Waals surface area contributed by atoms with E-state index in [0.29, 0.717) is 18.0 Å². The molecule has 1 saturated heterocycles. The van der Waals surface area contributed by atoms with Gasteiger partial charge in [0.05, 0.1) is 11.0 Å². The van der Waals surface area contributed by atoms with Crippen molar-refractivity contribution in [1.29, 1.82) is 0 Å². The normalized spacial score (nSPS) is 15.6. The second-order valence-corrected chi connectivity index (χ2v) is 8.53. The maximum Gasteiger partial charge on any atom is 0.328 e. The minimum absolute atomic E-state index is 0.0910. The topological polar surface area (TPSA) is 59.3 Å². The maximum atomic E-state index is 12.6. The fourth-order valence-electron chi connectivity index (χ4n) is 4.20. The third-order valence-electron chi connectivity index (χ3n) is 6.14. The zero-order valence-electron chi connectivity index (χ0n) is 17.4. The van der Waals surface area contributed by atoms with Crippen LogP contribution in [0.1, 0.15) is 28.8 Å². The number of piperidine rings is 1. The summed E-state index contributed by atoms with van der Waals surface area (Å²) < 4.78 is 3.16. The van der Waals surface area contributed by atoms with Crippen LogP contribution in [0, 0.1) is 5.92 Å². The molecule has 0 bridgehead atoms. The van der Waals surface area contributed by atoms with Gasteiger partial charge in [0.15, 0.2) is 0 Å². The summed E-state index contributed by atoms with van der Waals surface area (Å²) >= 11 is 6.28. The molecule has 6 nitrogen and oxygen atoms in total. The Morgan fingerprint density at radius 1 is 1.07 bits per heavy atom. The summed E-state index contributed by atoms with van der Waals surface area (Å²) in [7, 11) is 3.46. The lowest BCUT2D eigenvalue weighted by atomic mass is 9.96. The second-order valence-electron chi connectivity index (χ2n) is 8.13. The highest BCUT2D eigenvalue weighted by atomic mass is 35.5. The summed E-state index contributed by atoms with van der Waals surface area (Å²) in [6, 6.07) is 13.4. The van der Waals surface area contributed by atoms with E-state index in [1.165, 1.54) is 0 Å². The predicted octanol–water partition coefficient (Wildman–Crippen LogP) is 3.17. The zero-order chi connectivity index (χ0) is 21.3. The van der Waals surface area contributed by atoms with Crippen LogP contribution in [0.2, 0.25) is 5.02 Å². The SMILES string of the molecule is Cn1c(=O)n(C)c2cc(C(=O)NCC3CCN(Cc4ccccc4Cl)CC3)ccc21. The molecule has 158 valence electrons. The van der Waals surface area contributed by atoms with E-state index in [1.54, 1.807) is 35.4 Å². The zero-order valence-corrected chi connectivity index (χ0v) is 18.2. The van der Waals surface area contributed by atoms with Gasteiger partial charge in [-0.3, -0.25) is 18.8 Å². The minimum Gasteiger partial charge on any atom is -0.352 e. The fraction of sp³-hybridized carbons (Fsp3) is 0.391. The molecular formula is C23H27ClN4O2. The van der Waals surface area contributed by atoms with Gasteiger partial charge < -0.3 is 5.32 Å². The number of imidazole rings is 1. The first kappa shape index (κ1) is 20.7. The molecule has 30 heavy (non-hydrogen) atoms. The highest BCUT2D eigenvalue weighted by Crippen LogP contribution is 2.22. The molecule has 4 rings (SSSR count). The number of nitrogens with one attached hydrogen (secondary N) is 1. The van der Waals surface area contributed by atoms with E-state index in [1.807, 2.05) is 24.3 Å². The molecule has 0 atom stereocenters. The Balaban J connectivity index is 1.31. The molecule has 7 heteroatoms. The molecule has 0 unspecified atom stereocenters. The van der Waals surface area contributed by atoms with Crippen molar-refractivity contribution in [2.24, 2.45) is 20.0 Å². The Bertz CT molecular complexity index is 1130. The number of nitrogens with zero attached hydrogens (tertiary/aromatic N) is 3. The molecule has 0 aliphatic carbocycles. The number of likely N-dealkylation sites (tertiary alicyclic amines) is 1. The Morgan fingerprint density at radius 3 is 2.50 bits per heavy atom. The first-order valence-corrected chi connectivity index (χ1v) is 10.7. The van der Waals surface area contributed by atoms with Crippen LogP contribution in [-0.4, -0.2) is 39.6 Å². The van der Waals surface area contributed by atoms with Crippen molar-refractivity contribution in [3.8, 4) is 0 Å². The Hall–Kier alpha value is -2.57. The molecule has 0 spiro atoms. The number of benzene rings is 2. The largest absolute Gasteiger partial charge is 0.352 e. The molecule has 1 amide bonds. The highest BCUT2D eigenvalue weighted by Gasteiger charge is 2.21. The van der Waals surface area contributed by atoms with E-state index in [-0.39, 0.29) is 11.6 Å². The number of amides is 1. The second kappa shape index (κ2) is 8.66. The number of halogens is 1. The third kappa shape index (κ3) is 4.16. The molecular weight excluding hydrogens is 400 g/mol. The summed E-state index contributed by atoms with van der Waals surface area (Å²) in [5.74, 6) is 0.382. The first-order chi connectivity index (χ1) is 14.4. The molecule has 0 radical (unpaired) electrons. The molecule has 1 aromatic heterocycles. The minimum atomic E-state index is -0.0916. The number of fused-ring (bicyclic) bond motifs is 1. The Labute approximate surface area is 181 Å². The first-order valence-electron chi connectivity index (χ1n) is 10.3. The van der Waals surface area contributed by atoms with Crippen molar-refractivity contribution >= 4 is 28.5 Å². The average Bonchev–Trinajstić information content (AvgIpc) is 2.98. The van der Waals surface area contributed by atoms with Crippen molar-refractivity contribution in [1.82, 2.24) is 19.4 Å². The Morgan fingerprint density at radius 2 is 1.77 bits per heavy atom. The molecule has 1 fully saturated rings. The van der Waals surface area contributed by atoms with E-state index >= 15 is 0 Å². The summed E-state index contributed by atoms with van der Waals surface area (Å²) in [4.78, 5) is 27.1. The van der Waals surface area contributed by atoms with Gasteiger partial charge in [0.2, 0.25) is 0 Å². The number of aromatic nitrogens is 2. The molecule has 1 aliphatic heterocycles. The van der Waals surface area contributed by atoms with Gasteiger partial charge in [-0.2, -0.15) is 0 Å². The van der Waals surface area contributed by atoms with Crippen LogP contribution in [0.3, 0.4) is 0 Å². The van der Waals surface area contributed by atoms with Crippen LogP contribution >= 0.6 is 11.6 Å². The molecule has 3 aromatic rings. The molecule has 1 aliphatic rings. The number of rotatable bonds is 5. The van der Waals surface area contributed by atoms with Crippen LogP contribution in [0.5, 0.6) is 0 Å². The summed E-state index contributed by atoms with van der Waals surface area (Å²) in [6.07, 6.45) is 2.11. The standard InChI is InChI=1S/C23H27ClN4O2/c1-26-20-8-7-17(13-21(20)27(2)23(26)30)22(29)25-14-16-9-11-28(12-10-16)15-18-5-3-4-6-19(18)24/h3-8,13,16H,9-12,14-15H2,1-2H3,(H,25,29). The van der Waals surface area contributed by atoms with Crippen molar-refractivity contribution in [3.05, 3.63) is 69.1 Å². The van der Waals surface area contributed by atoms with Crippen molar-refractivity contribution in [2.45, 2.75) is 19.4 Å². The van der Waals surface area contributed by atoms with Crippen molar-refractivity contribution in [3.63, 3.8) is 0 Å². The van der Waals surface area contributed by atoms with Gasteiger partial charge in [0.25, 0.3) is 5.91 Å². The van der Waals surface area contributed by atoms with E-state index < -0.39 is 0 Å². The number of carbonyl (C=O) groups excluding carboxylic acids is 1. The van der Waals surface area contributed by atoms with Crippen LogP contribution in [-0.2, 0) is 20.6 Å². The lowest BCUT2D eigenvalue weighted by Crippen LogP contribution is -2.38. The molecule has 2 aromatic carbocycles. The van der Waals surface area contributed by atoms with Crippen LogP contribution in [0.25, 0.3) is 11.0 Å². The number of hydrogen-bond donors (Lipinski definition) is 1. The Kier molecular flexibility index (Phi) is 5.97. The fourth-order valence-corrected chi connectivity index (χ4v) is 4.40. The van der Waals surface area contributed by atoms with Crippen LogP contribution < -0.4 is 11.0 Å². The smallest absolute Gasteiger partial charge is 0.328 e. The van der Waals surface area contributed by atoms with Gasteiger partial charge in [0, 0.05) is 37.8 Å². The van der Waals surface area contributed by atoms with Crippen LogP contribution in [0.15, 0.2) is 47.3 Å².